The number of fused-ring (bicyclic) bond motifs is 3. The lowest BCUT2D eigenvalue weighted by Crippen LogP contribution is -2.01. The van der Waals surface area contributed by atoms with Gasteiger partial charge in [-0.25, -0.2) is 4.98 Å². The molecule has 0 saturated heterocycles. The SMILES string of the molecule is CCc1c(-c2ccccc2)c(C#N)c2nc3ccccc3n2c1Cl. The van der Waals surface area contributed by atoms with Crippen LogP contribution in [0.4, 0.5) is 0 Å². The molecule has 0 N–H and O–H groups in total. The second kappa shape index (κ2) is 5.67. The van der Waals surface area contributed by atoms with E-state index in [1.807, 2.05) is 59.0 Å². The normalized spacial score (nSPS) is 11.0. The Morgan fingerprint density at radius 2 is 1.79 bits per heavy atom. The number of rotatable bonds is 2. The van der Waals surface area contributed by atoms with Crippen molar-refractivity contribution < 1.29 is 0 Å². The first-order valence-electron chi connectivity index (χ1n) is 7.83. The average molecular weight is 332 g/mol. The fourth-order valence-corrected chi connectivity index (χ4v) is 3.64. The summed E-state index contributed by atoms with van der Waals surface area (Å²) in [6, 6.07) is 20.1. The van der Waals surface area contributed by atoms with Crippen molar-refractivity contribution in [1.29, 1.82) is 5.26 Å². The molecular weight excluding hydrogens is 318 g/mol. The van der Waals surface area contributed by atoms with Crippen LogP contribution in [0, 0.1) is 11.3 Å². The van der Waals surface area contributed by atoms with Gasteiger partial charge in [-0.15, -0.1) is 0 Å². The van der Waals surface area contributed by atoms with E-state index in [4.69, 9.17) is 11.6 Å². The number of para-hydroxylation sites is 2. The fourth-order valence-electron chi connectivity index (χ4n) is 3.25. The molecule has 4 rings (SSSR count). The number of imidazole rings is 1. The van der Waals surface area contributed by atoms with Crippen LogP contribution in [0.25, 0.3) is 27.8 Å². The van der Waals surface area contributed by atoms with Gasteiger partial charge in [0.05, 0.1) is 11.0 Å². The fraction of sp³-hybridized carbons (Fsp3) is 0.100. The summed E-state index contributed by atoms with van der Waals surface area (Å²) in [5, 5.41) is 10.5. The minimum Gasteiger partial charge on any atom is -0.281 e. The third-order valence-corrected chi connectivity index (χ3v) is 4.71. The number of aromatic nitrogens is 2. The Balaban J connectivity index is 2.25. The van der Waals surface area contributed by atoms with Crippen LogP contribution >= 0.6 is 11.6 Å². The van der Waals surface area contributed by atoms with Gasteiger partial charge in [-0.1, -0.05) is 61.0 Å². The van der Waals surface area contributed by atoms with E-state index in [1.54, 1.807) is 0 Å². The maximum absolute atomic E-state index is 9.87. The lowest BCUT2D eigenvalue weighted by Gasteiger charge is -2.15. The highest BCUT2D eigenvalue weighted by atomic mass is 35.5. The first-order valence-corrected chi connectivity index (χ1v) is 8.21. The molecule has 2 heterocycles. The van der Waals surface area contributed by atoms with Crippen molar-refractivity contribution >= 4 is 28.3 Å². The third-order valence-electron chi connectivity index (χ3n) is 4.31. The monoisotopic (exact) mass is 331 g/mol. The maximum atomic E-state index is 9.87. The molecule has 0 aliphatic heterocycles. The number of nitriles is 1. The van der Waals surface area contributed by atoms with E-state index in [0.29, 0.717) is 16.4 Å². The molecule has 2 aromatic carbocycles. The van der Waals surface area contributed by atoms with Crippen molar-refractivity contribution in [3.8, 4) is 17.2 Å². The van der Waals surface area contributed by atoms with Gasteiger partial charge < -0.3 is 0 Å². The summed E-state index contributed by atoms with van der Waals surface area (Å²) < 4.78 is 1.89. The van der Waals surface area contributed by atoms with Crippen LogP contribution in [0.15, 0.2) is 54.6 Å². The molecule has 0 aliphatic carbocycles. The Hall–Kier alpha value is -2.83. The molecule has 0 atom stereocenters. The van der Waals surface area contributed by atoms with Gasteiger partial charge in [-0.3, -0.25) is 4.40 Å². The van der Waals surface area contributed by atoms with E-state index >= 15 is 0 Å². The molecule has 0 radical (unpaired) electrons. The molecule has 4 aromatic rings. The summed E-state index contributed by atoms with van der Waals surface area (Å²) >= 11 is 6.76. The highest BCUT2D eigenvalue weighted by Gasteiger charge is 2.21. The summed E-state index contributed by atoms with van der Waals surface area (Å²) in [6.07, 6.45) is 0.736. The molecule has 0 spiro atoms. The molecular formula is C20H14ClN3. The van der Waals surface area contributed by atoms with Gasteiger partial charge in [0.1, 0.15) is 16.8 Å². The van der Waals surface area contributed by atoms with Gasteiger partial charge in [-0.05, 0) is 29.7 Å². The van der Waals surface area contributed by atoms with Crippen molar-refractivity contribution in [3.05, 3.63) is 70.9 Å². The van der Waals surface area contributed by atoms with Crippen LogP contribution in [0.2, 0.25) is 5.15 Å². The molecule has 116 valence electrons. The molecule has 0 bridgehead atoms. The van der Waals surface area contributed by atoms with Gasteiger partial charge >= 0.3 is 0 Å². The van der Waals surface area contributed by atoms with Crippen LogP contribution in [0.3, 0.4) is 0 Å². The minimum atomic E-state index is 0.568. The summed E-state index contributed by atoms with van der Waals surface area (Å²) in [5.74, 6) is 0. The number of nitrogens with zero attached hydrogens (tertiary/aromatic N) is 3. The van der Waals surface area contributed by atoms with Gasteiger partial charge in [0.15, 0.2) is 5.65 Å². The van der Waals surface area contributed by atoms with E-state index in [9.17, 15) is 5.26 Å². The van der Waals surface area contributed by atoms with E-state index < -0.39 is 0 Å². The number of pyridine rings is 1. The van der Waals surface area contributed by atoms with Gasteiger partial charge in [0.2, 0.25) is 0 Å². The predicted octanol–water partition coefficient (Wildman–Crippen LogP) is 5.24. The van der Waals surface area contributed by atoms with Crippen LogP contribution in [-0.2, 0) is 6.42 Å². The third kappa shape index (κ3) is 2.01. The zero-order chi connectivity index (χ0) is 16.7. The number of halogens is 1. The molecule has 0 fully saturated rings. The molecule has 24 heavy (non-hydrogen) atoms. The first-order chi connectivity index (χ1) is 11.8. The highest BCUT2D eigenvalue weighted by Crippen LogP contribution is 2.37. The van der Waals surface area contributed by atoms with Crippen molar-refractivity contribution in [2.45, 2.75) is 13.3 Å². The Kier molecular flexibility index (Phi) is 3.48. The summed E-state index contributed by atoms with van der Waals surface area (Å²) in [6.45, 7) is 2.06. The van der Waals surface area contributed by atoms with E-state index in [-0.39, 0.29) is 0 Å². The lowest BCUT2D eigenvalue weighted by molar-refractivity contribution is 1.08. The quantitative estimate of drug-likeness (QED) is 0.471. The van der Waals surface area contributed by atoms with E-state index in [1.165, 1.54) is 0 Å². The smallest absolute Gasteiger partial charge is 0.157 e. The van der Waals surface area contributed by atoms with Crippen molar-refractivity contribution in [1.82, 2.24) is 9.38 Å². The van der Waals surface area contributed by atoms with Gasteiger partial charge in [-0.2, -0.15) is 5.26 Å². The molecule has 0 amide bonds. The summed E-state index contributed by atoms with van der Waals surface area (Å²) in [4.78, 5) is 4.66. The first kappa shape index (κ1) is 14.7. The summed E-state index contributed by atoms with van der Waals surface area (Å²) in [7, 11) is 0. The van der Waals surface area contributed by atoms with Crippen LogP contribution < -0.4 is 0 Å². The van der Waals surface area contributed by atoms with Gasteiger partial charge in [0.25, 0.3) is 0 Å². The largest absolute Gasteiger partial charge is 0.281 e. The number of hydrogen-bond donors (Lipinski definition) is 0. The molecule has 0 aliphatic rings. The van der Waals surface area contributed by atoms with Crippen LogP contribution in [0.5, 0.6) is 0 Å². The Morgan fingerprint density at radius 3 is 2.50 bits per heavy atom. The Bertz CT molecular complexity index is 1100. The zero-order valence-corrected chi connectivity index (χ0v) is 13.9. The van der Waals surface area contributed by atoms with Crippen molar-refractivity contribution in [2.24, 2.45) is 0 Å². The second-order valence-electron chi connectivity index (χ2n) is 5.61. The standard InChI is InChI=1S/C20H14ClN3/c1-2-14-18(13-8-4-3-5-9-13)15(12-22)20-23-16-10-6-7-11-17(16)24(20)19(14)21/h3-11H,2H2,1H3. The Labute approximate surface area is 144 Å². The molecule has 0 saturated carbocycles. The van der Waals surface area contributed by atoms with E-state index in [2.05, 4.69) is 18.0 Å². The highest BCUT2D eigenvalue weighted by molar-refractivity contribution is 6.31. The lowest BCUT2D eigenvalue weighted by atomic mass is 9.95. The summed E-state index contributed by atoms with van der Waals surface area (Å²) in [5.41, 5.74) is 5.77. The molecule has 3 nitrogen and oxygen atoms in total. The molecule has 2 aromatic heterocycles. The maximum Gasteiger partial charge on any atom is 0.157 e. The van der Waals surface area contributed by atoms with Crippen molar-refractivity contribution in [3.63, 3.8) is 0 Å². The average Bonchev–Trinajstić information content (AvgIpc) is 3.02. The zero-order valence-electron chi connectivity index (χ0n) is 13.1. The Morgan fingerprint density at radius 1 is 1.08 bits per heavy atom. The predicted molar refractivity (Wildman–Crippen MR) is 97.2 cm³/mol. The van der Waals surface area contributed by atoms with Crippen LogP contribution in [0.1, 0.15) is 18.1 Å². The van der Waals surface area contributed by atoms with E-state index in [0.717, 1.165) is 34.1 Å². The van der Waals surface area contributed by atoms with Gasteiger partial charge in [0, 0.05) is 5.56 Å². The minimum absolute atomic E-state index is 0.568. The molecule has 4 heteroatoms. The number of hydrogen-bond acceptors (Lipinski definition) is 2. The topological polar surface area (TPSA) is 41.1 Å². The second-order valence-corrected chi connectivity index (χ2v) is 5.97. The molecule has 0 unspecified atom stereocenters. The van der Waals surface area contributed by atoms with Crippen molar-refractivity contribution in [2.75, 3.05) is 0 Å². The number of benzene rings is 2. The van der Waals surface area contributed by atoms with Crippen LogP contribution in [-0.4, -0.2) is 9.38 Å².